The van der Waals surface area contributed by atoms with Gasteiger partial charge in [0.2, 0.25) is 0 Å². The molecule has 0 saturated carbocycles. The first kappa shape index (κ1) is 12.1. The molecule has 0 fully saturated rings. The lowest BCUT2D eigenvalue weighted by atomic mass is 9.86. The van der Waals surface area contributed by atoms with Crippen molar-refractivity contribution in [1.29, 1.82) is 0 Å². The predicted octanol–water partition coefficient (Wildman–Crippen LogP) is 2.65. The van der Waals surface area contributed by atoms with Gasteiger partial charge >= 0.3 is 0 Å². The Morgan fingerprint density at radius 3 is 2.53 bits per heavy atom. The van der Waals surface area contributed by atoms with Crippen molar-refractivity contribution in [2.45, 2.75) is 27.2 Å². The number of para-hydroxylation sites is 1. The smallest absolute Gasteiger partial charge is 0.122 e. The molecule has 0 saturated heterocycles. The van der Waals surface area contributed by atoms with E-state index in [-0.39, 0.29) is 12.0 Å². The number of aliphatic hydroxyl groups excluding tert-OH is 1. The maximum absolute atomic E-state index is 9.24. The van der Waals surface area contributed by atoms with Gasteiger partial charge in [-0.15, -0.1) is 0 Å². The molecule has 0 amide bonds. The van der Waals surface area contributed by atoms with Gasteiger partial charge in [-0.1, -0.05) is 32.0 Å². The van der Waals surface area contributed by atoms with E-state index in [1.807, 2.05) is 25.1 Å². The third kappa shape index (κ3) is 3.56. The molecule has 0 bridgehead atoms. The number of hydrogen-bond donors (Lipinski definition) is 1. The molecule has 84 valence electrons. The van der Waals surface area contributed by atoms with E-state index in [0.717, 1.165) is 12.2 Å². The van der Waals surface area contributed by atoms with Crippen molar-refractivity contribution in [3.05, 3.63) is 29.8 Å². The zero-order valence-electron chi connectivity index (χ0n) is 9.79. The summed E-state index contributed by atoms with van der Waals surface area (Å²) in [5, 5.41) is 9.24. The standard InChI is InChI=1S/C13H20O2/c1-4-15-12-8-6-5-7-11(12)9-13(2,3)10-14/h5-8,14H,4,9-10H2,1-3H3. The van der Waals surface area contributed by atoms with Gasteiger partial charge in [0, 0.05) is 6.61 Å². The van der Waals surface area contributed by atoms with E-state index in [2.05, 4.69) is 19.9 Å². The average Bonchev–Trinajstić information content (AvgIpc) is 2.21. The van der Waals surface area contributed by atoms with Crippen LogP contribution in [0.5, 0.6) is 5.75 Å². The number of benzene rings is 1. The van der Waals surface area contributed by atoms with E-state index in [9.17, 15) is 5.11 Å². The summed E-state index contributed by atoms with van der Waals surface area (Å²) in [6.07, 6.45) is 0.833. The fraction of sp³-hybridized carbons (Fsp3) is 0.538. The minimum Gasteiger partial charge on any atom is -0.494 e. The molecule has 0 aromatic heterocycles. The van der Waals surface area contributed by atoms with Gasteiger partial charge in [-0.25, -0.2) is 0 Å². The second kappa shape index (κ2) is 5.17. The third-order valence-corrected chi connectivity index (χ3v) is 2.37. The molecule has 1 N–H and O–H groups in total. The SMILES string of the molecule is CCOc1ccccc1CC(C)(C)CO. The van der Waals surface area contributed by atoms with E-state index in [1.54, 1.807) is 0 Å². The van der Waals surface area contributed by atoms with Crippen molar-refractivity contribution < 1.29 is 9.84 Å². The zero-order valence-corrected chi connectivity index (χ0v) is 9.79. The number of rotatable bonds is 5. The van der Waals surface area contributed by atoms with Gasteiger partial charge in [-0.05, 0) is 30.4 Å². The molecule has 0 aliphatic carbocycles. The summed E-state index contributed by atoms with van der Waals surface area (Å²) in [6.45, 7) is 6.95. The normalized spacial score (nSPS) is 11.5. The molecule has 0 atom stereocenters. The van der Waals surface area contributed by atoms with Crippen LogP contribution in [0.1, 0.15) is 26.3 Å². The second-order valence-electron chi connectivity index (χ2n) is 4.54. The Morgan fingerprint density at radius 2 is 1.93 bits per heavy atom. The van der Waals surface area contributed by atoms with Crippen molar-refractivity contribution in [3.8, 4) is 5.75 Å². The van der Waals surface area contributed by atoms with Crippen LogP contribution in [-0.4, -0.2) is 18.3 Å². The van der Waals surface area contributed by atoms with Crippen LogP contribution in [0.2, 0.25) is 0 Å². The summed E-state index contributed by atoms with van der Waals surface area (Å²) in [6, 6.07) is 8.01. The van der Waals surface area contributed by atoms with Crippen LogP contribution < -0.4 is 4.74 Å². The van der Waals surface area contributed by atoms with Crippen molar-refractivity contribution in [1.82, 2.24) is 0 Å². The molecule has 1 rings (SSSR count). The number of hydrogen-bond acceptors (Lipinski definition) is 2. The highest BCUT2D eigenvalue weighted by atomic mass is 16.5. The molecule has 0 aliphatic heterocycles. The van der Waals surface area contributed by atoms with E-state index < -0.39 is 0 Å². The molecule has 1 aromatic carbocycles. The van der Waals surface area contributed by atoms with Gasteiger partial charge in [0.15, 0.2) is 0 Å². The molecule has 15 heavy (non-hydrogen) atoms. The fourth-order valence-electron chi connectivity index (χ4n) is 1.52. The summed E-state index contributed by atoms with van der Waals surface area (Å²) < 4.78 is 5.55. The highest BCUT2D eigenvalue weighted by Gasteiger charge is 2.19. The van der Waals surface area contributed by atoms with Crippen LogP contribution in [0.3, 0.4) is 0 Å². The van der Waals surface area contributed by atoms with Crippen molar-refractivity contribution >= 4 is 0 Å². The lowest BCUT2D eigenvalue weighted by molar-refractivity contribution is 0.158. The van der Waals surface area contributed by atoms with E-state index in [0.29, 0.717) is 6.61 Å². The third-order valence-electron chi connectivity index (χ3n) is 2.37. The molecule has 0 heterocycles. The average molecular weight is 208 g/mol. The van der Waals surface area contributed by atoms with E-state index >= 15 is 0 Å². The summed E-state index contributed by atoms with van der Waals surface area (Å²) in [4.78, 5) is 0. The van der Waals surface area contributed by atoms with Crippen LogP contribution in [0.25, 0.3) is 0 Å². The Hall–Kier alpha value is -1.02. The second-order valence-corrected chi connectivity index (χ2v) is 4.54. The molecule has 0 unspecified atom stereocenters. The van der Waals surface area contributed by atoms with Gasteiger partial charge in [0.1, 0.15) is 5.75 Å². The van der Waals surface area contributed by atoms with Gasteiger partial charge < -0.3 is 9.84 Å². The Balaban J connectivity index is 2.84. The monoisotopic (exact) mass is 208 g/mol. The molecule has 1 aromatic rings. The Kier molecular flexibility index (Phi) is 4.15. The summed E-state index contributed by atoms with van der Waals surface area (Å²) in [5.74, 6) is 0.932. The number of aliphatic hydroxyl groups is 1. The lowest BCUT2D eigenvalue weighted by Gasteiger charge is -2.22. The van der Waals surface area contributed by atoms with Crippen LogP contribution in [0.4, 0.5) is 0 Å². The molecular weight excluding hydrogens is 188 g/mol. The van der Waals surface area contributed by atoms with E-state index in [4.69, 9.17) is 4.74 Å². The van der Waals surface area contributed by atoms with Gasteiger partial charge in [0.25, 0.3) is 0 Å². The minimum atomic E-state index is -0.0901. The minimum absolute atomic E-state index is 0.0901. The predicted molar refractivity (Wildman–Crippen MR) is 62.2 cm³/mol. The van der Waals surface area contributed by atoms with Crippen LogP contribution in [0, 0.1) is 5.41 Å². The Labute approximate surface area is 91.9 Å². The van der Waals surface area contributed by atoms with Crippen LogP contribution in [0.15, 0.2) is 24.3 Å². The highest BCUT2D eigenvalue weighted by molar-refractivity contribution is 5.34. The zero-order chi connectivity index (χ0) is 11.3. The topological polar surface area (TPSA) is 29.5 Å². The first-order chi connectivity index (χ1) is 7.09. The molecule has 2 heteroatoms. The highest BCUT2D eigenvalue weighted by Crippen LogP contribution is 2.27. The Morgan fingerprint density at radius 1 is 1.27 bits per heavy atom. The maximum Gasteiger partial charge on any atom is 0.122 e. The van der Waals surface area contributed by atoms with Gasteiger partial charge in [0.05, 0.1) is 6.61 Å². The van der Waals surface area contributed by atoms with Crippen molar-refractivity contribution in [2.24, 2.45) is 5.41 Å². The van der Waals surface area contributed by atoms with Gasteiger partial charge in [-0.2, -0.15) is 0 Å². The van der Waals surface area contributed by atoms with Crippen LogP contribution in [-0.2, 0) is 6.42 Å². The largest absolute Gasteiger partial charge is 0.494 e. The van der Waals surface area contributed by atoms with Crippen molar-refractivity contribution in [2.75, 3.05) is 13.2 Å². The van der Waals surface area contributed by atoms with Crippen LogP contribution >= 0.6 is 0 Å². The fourth-order valence-corrected chi connectivity index (χ4v) is 1.52. The summed E-state index contributed by atoms with van der Waals surface area (Å²) in [5.41, 5.74) is 1.08. The first-order valence-corrected chi connectivity index (χ1v) is 5.40. The summed E-state index contributed by atoms with van der Waals surface area (Å²) in [7, 11) is 0. The lowest BCUT2D eigenvalue weighted by Crippen LogP contribution is -2.20. The number of ether oxygens (including phenoxy) is 1. The maximum atomic E-state index is 9.24. The van der Waals surface area contributed by atoms with E-state index in [1.165, 1.54) is 5.56 Å². The summed E-state index contributed by atoms with van der Waals surface area (Å²) >= 11 is 0. The molecule has 0 aliphatic rings. The quantitative estimate of drug-likeness (QED) is 0.806. The molecule has 0 spiro atoms. The Bertz CT molecular complexity index is 305. The first-order valence-electron chi connectivity index (χ1n) is 5.40. The van der Waals surface area contributed by atoms with Crippen molar-refractivity contribution in [3.63, 3.8) is 0 Å². The molecule has 0 radical (unpaired) electrons. The molecule has 2 nitrogen and oxygen atoms in total. The molecular formula is C13H20O2. The van der Waals surface area contributed by atoms with Gasteiger partial charge in [-0.3, -0.25) is 0 Å².